The second-order valence-corrected chi connectivity index (χ2v) is 6.20. The van der Waals surface area contributed by atoms with Crippen molar-refractivity contribution in [1.29, 1.82) is 0 Å². The van der Waals surface area contributed by atoms with Gasteiger partial charge in [-0.2, -0.15) is 0 Å². The summed E-state index contributed by atoms with van der Waals surface area (Å²) in [7, 11) is 1.79. The van der Waals surface area contributed by atoms with Crippen LogP contribution in [0.25, 0.3) is 0 Å². The van der Waals surface area contributed by atoms with Crippen molar-refractivity contribution in [1.82, 2.24) is 4.90 Å². The molecule has 1 aromatic carbocycles. The summed E-state index contributed by atoms with van der Waals surface area (Å²) in [6.45, 7) is 2.17. The van der Waals surface area contributed by atoms with Crippen molar-refractivity contribution in [2.24, 2.45) is 5.92 Å². The van der Waals surface area contributed by atoms with Gasteiger partial charge in [0.05, 0.1) is 10.0 Å². The Kier molecular flexibility index (Phi) is 4.61. The van der Waals surface area contributed by atoms with E-state index in [1.54, 1.807) is 30.1 Å². The SMILES string of the molecule is CC1CCCCC1N(C)C(=O)c1cccc(Br)c1F. The van der Waals surface area contributed by atoms with Crippen molar-refractivity contribution < 1.29 is 9.18 Å². The minimum absolute atomic E-state index is 0.148. The number of amides is 1. The molecule has 104 valence electrons. The molecule has 1 aliphatic carbocycles. The fraction of sp³-hybridized carbons (Fsp3) is 0.533. The van der Waals surface area contributed by atoms with Crippen molar-refractivity contribution in [3.05, 3.63) is 34.1 Å². The zero-order valence-corrected chi connectivity index (χ0v) is 12.9. The molecule has 0 spiro atoms. The van der Waals surface area contributed by atoms with Crippen molar-refractivity contribution >= 4 is 21.8 Å². The van der Waals surface area contributed by atoms with Crippen LogP contribution in [0.15, 0.2) is 22.7 Å². The molecule has 19 heavy (non-hydrogen) atoms. The second-order valence-electron chi connectivity index (χ2n) is 5.35. The lowest BCUT2D eigenvalue weighted by Gasteiger charge is -2.36. The molecule has 0 N–H and O–H groups in total. The van der Waals surface area contributed by atoms with Gasteiger partial charge < -0.3 is 4.90 Å². The van der Waals surface area contributed by atoms with E-state index in [0.717, 1.165) is 19.3 Å². The van der Waals surface area contributed by atoms with Crippen LogP contribution in [0.2, 0.25) is 0 Å². The number of carbonyl (C=O) groups excluding carboxylic acids is 1. The number of hydrogen-bond acceptors (Lipinski definition) is 1. The second kappa shape index (κ2) is 6.04. The highest BCUT2D eigenvalue weighted by atomic mass is 79.9. The highest BCUT2D eigenvalue weighted by Gasteiger charge is 2.29. The average molecular weight is 328 g/mol. The molecule has 1 aromatic rings. The quantitative estimate of drug-likeness (QED) is 0.795. The molecule has 2 rings (SSSR count). The first-order valence-corrected chi connectivity index (χ1v) is 7.53. The van der Waals surface area contributed by atoms with E-state index < -0.39 is 5.82 Å². The third-order valence-corrected chi connectivity index (χ3v) is 4.68. The van der Waals surface area contributed by atoms with Crippen molar-refractivity contribution in [2.45, 2.75) is 38.6 Å². The van der Waals surface area contributed by atoms with E-state index in [0.29, 0.717) is 10.4 Å². The maximum absolute atomic E-state index is 14.0. The third-order valence-electron chi connectivity index (χ3n) is 4.07. The van der Waals surface area contributed by atoms with Crippen LogP contribution in [0, 0.1) is 11.7 Å². The largest absolute Gasteiger partial charge is 0.338 e. The van der Waals surface area contributed by atoms with Gasteiger partial charge in [0.15, 0.2) is 0 Å². The van der Waals surface area contributed by atoms with Gasteiger partial charge in [-0.15, -0.1) is 0 Å². The number of rotatable bonds is 2. The molecular weight excluding hydrogens is 309 g/mol. The van der Waals surface area contributed by atoms with Gasteiger partial charge in [0.1, 0.15) is 5.82 Å². The number of carbonyl (C=O) groups is 1. The van der Waals surface area contributed by atoms with Gasteiger partial charge in [0, 0.05) is 13.1 Å². The Labute approximate surface area is 122 Å². The zero-order valence-electron chi connectivity index (χ0n) is 11.3. The lowest BCUT2D eigenvalue weighted by molar-refractivity contribution is 0.0624. The molecule has 0 bridgehead atoms. The smallest absolute Gasteiger partial charge is 0.256 e. The maximum Gasteiger partial charge on any atom is 0.256 e. The minimum atomic E-state index is -0.470. The van der Waals surface area contributed by atoms with Gasteiger partial charge >= 0.3 is 0 Å². The number of nitrogens with zero attached hydrogens (tertiary/aromatic N) is 1. The van der Waals surface area contributed by atoms with E-state index in [1.807, 2.05) is 0 Å². The summed E-state index contributed by atoms with van der Waals surface area (Å²) < 4.78 is 14.3. The van der Waals surface area contributed by atoms with Crippen LogP contribution in [-0.2, 0) is 0 Å². The Balaban J connectivity index is 2.21. The van der Waals surface area contributed by atoms with Crippen LogP contribution in [0.1, 0.15) is 43.0 Å². The van der Waals surface area contributed by atoms with Crippen LogP contribution in [-0.4, -0.2) is 23.9 Å². The van der Waals surface area contributed by atoms with Gasteiger partial charge in [0.2, 0.25) is 0 Å². The average Bonchev–Trinajstić information content (AvgIpc) is 2.41. The summed E-state index contributed by atoms with van der Waals surface area (Å²) in [5.41, 5.74) is 0.148. The Bertz CT molecular complexity index is 477. The van der Waals surface area contributed by atoms with Crippen molar-refractivity contribution in [3.63, 3.8) is 0 Å². The predicted molar refractivity (Wildman–Crippen MR) is 77.6 cm³/mol. The fourth-order valence-electron chi connectivity index (χ4n) is 2.88. The van der Waals surface area contributed by atoms with Crippen LogP contribution < -0.4 is 0 Å². The highest BCUT2D eigenvalue weighted by molar-refractivity contribution is 9.10. The predicted octanol–water partition coefficient (Wildman–Crippen LogP) is 4.24. The lowest BCUT2D eigenvalue weighted by Crippen LogP contribution is -2.42. The molecule has 2 unspecified atom stereocenters. The Hall–Kier alpha value is -0.900. The third kappa shape index (κ3) is 2.99. The Morgan fingerprint density at radius 1 is 1.37 bits per heavy atom. The zero-order chi connectivity index (χ0) is 14.0. The van der Waals surface area contributed by atoms with Gasteiger partial charge in [-0.25, -0.2) is 4.39 Å². The van der Waals surface area contributed by atoms with Crippen LogP contribution >= 0.6 is 15.9 Å². The molecule has 1 saturated carbocycles. The van der Waals surface area contributed by atoms with Gasteiger partial charge in [-0.1, -0.05) is 25.8 Å². The molecule has 2 nitrogen and oxygen atoms in total. The standard InChI is InChI=1S/C15H19BrFNO/c1-10-6-3-4-9-13(10)18(2)15(19)11-7-5-8-12(16)14(11)17/h5,7-8,10,13H,3-4,6,9H2,1-2H3. The molecule has 0 aliphatic heterocycles. The molecule has 2 atom stereocenters. The first-order chi connectivity index (χ1) is 9.02. The first kappa shape index (κ1) is 14.5. The van der Waals surface area contributed by atoms with Gasteiger partial charge in [0.25, 0.3) is 5.91 Å². The molecule has 4 heteroatoms. The summed E-state index contributed by atoms with van der Waals surface area (Å²) >= 11 is 3.13. The minimum Gasteiger partial charge on any atom is -0.338 e. The highest BCUT2D eigenvalue weighted by Crippen LogP contribution is 2.29. The molecular formula is C15H19BrFNO. The number of benzene rings is 1. The first-order valence-electron chi connectivity index (χ1n) is 6.73. The van der Waals surface area contributed by atoms with E-state index in [4.69, 9.17) is 0 Å². The fourth-order valence-corrected chi connectivity index (χ4v) is 3.25. The normalized spacial score (nSPS) is 23.2. The topological polar surface area (TPSA) is 20.3 Å². The summed E-state index contributed by atoms with van der Waals surface area (Å²) in [4.78, 5) is 14.1. The summed E-state index contributed by atoms with van der Waals surface area (Å²) in [5.74, 6) is -0.210. The Morgan fingerprint density at radius 3 is 2.74 bits per heavy atom. The molecule has 0 saturated heterocycles. The summed E-state index contributed by atoms with van der Waals surface area (Å²) in [6.07, 6.45) is 4.53. The van der Waals surface area contributed by atoms with E-state index in [2.05, 4.69) is 22.9 Å². The summed E-state index contributed by atoms with van der Waals surface area (Å²) in [5, 5.41) is 0. The van der Waals surface area contributed by atoms with E-state index in [9.17, 15) is 9.18 Å². The number of hydrogen-bond donors (Lipinski definition) is 0. The number of halogens is 2. The van der Waals surface area contributed by atoms with Crippen molar-refractivity contribution in [2.75, 3.05) is 7.05 Å². The van der Waals surface area contributed by atoms with Crippen LogP contribution in [0.4, 0.5) is 4.39 Å². The maximum atomic E-state index is 14.0. The van der Waals surface area contributed by atoms with E-state index in [1.165, 1.54) is 6.42 Å². The lowest BCUT2D eigenvalue weighted by atomic mass is 9.85. The van der Waals surface area contributed by atoms with E-state index >= 15 is 0 Å². The summed E-state index contributed by atoms with van der Waals surface area (Å²) in [6, 6.07) is 5.07. The van der Waals surface area contributed by atoms with Gasteiger partial charge in [-0.3, -0.25) is 4.79 Å². The van der Waals surface area contributed by atoms with Crippen LogP contribution in [0.3, 0.4) is 0 Å². The van der Waals surface area contributed by atoms with Gasteiger partial charge in [-0.05, 0) is 46.8 Å². The van der Waals surface area contributed by atoms with E-state index in [-0.39, 0.29) is 17.5 Å². The van der Waals surface area contributed by atoms with Crippen molar-refractivity contribution in [3.8, 4) is 0 Å². The monoisotopic (exact) mass is 327 g/mol. The van der Waals surface area contributed by atoms with Crippen LogP contribution in [0.5, 0.6) is 0 Å². The molecule has 1 aliphatic rings. The molecule has 0 heterocycles. The Morgan fingerprint density at radius 2 is 2.05 bits per heavy atom. The molecule has 0 radical (unpaired) electrons. The molecule has 1 fully saturated rings. The molecule has 0 aromatic heterocycles. The molecule has 1 amide bonds.